The van der Waals surface area contributed by atoms with Gasteiger partial charge in [0.25, 0.3) is 0 Å². The number of rotatable bonds is 2. The van der Waals surface area contributed by atoms with Crippen LogP contribution in [0.25, 0.3) is 0 Å². The minimum Gasteiger partial charge on any atom is -0.461 e. The lowest BCUT2D eigenvalue weighted by molar-refractivity contribution is -0.153. The summed E-state index contributed by atoms with van der Waals surface area (Å²) in [5, 5.41) is 10.0. The first-order chi connectivity index (χ1) is 8.14. The fourth-order valence-electron chi connectivity index (χ4n) is 3.13. The molecule has 0 heterocycles. The molecule has 0 aromatic carbocycles. The molecule has 102 valence electrons. The molecule has 0 amide bonds. The van der Waals surface area contributed by atoms with Gasteiger partial charge in [0.05, 0.1) is 11.5 Å². The van der Waals surface area contributed by atoms with E-state index in [1.165, 1.54) is 0 Å². The van der Waals surface area contributed by atoms with Gasteiger partial charge in [-0.15, -0.1) is 0 Å². The van der Waals surface area contributed by atoms with Crippen LogP contribution in [0.5, 0.6) is 0 Å². The molecule has 3 aliphatic carbocycles. The van der Waals surface area contributed by atoms with Gasteiger partial charge in [-0.2, -0.15) is 0 Å². The van der Waals surface area contributed by atoms with Crippen LogP contribution in [-0.2, 0) is 9.53 Å². The summed E-state index contributed by atoms with van der Waals surface area (Å²) < 4.78 is 5.36. The van der Waals surface area contributed by atoms with E-state index in [2.05, 4.69) is 13.8 Å². The lowest BCUT2D eigenvalue weighted by atomic mass is 9.48. The monoisotopic (exact) mass is 252 g/mol. The molecule has 0 aromatic rings. The van der Waals surface area contributed by atoms with Crippen molar-refractivity contribution in [3.8, 4) is 0 Å². The first kappa shape index (κ1) is 13.6. The molecule has 0 spiro atoms. The third-order valence-corrected chi connectivity index (χ3v) is 4.57. The first-order valence-corrected chi connectivity index (χ1v) is 6.70. The van der Waals surface area contributed by atoms with E-state index in [1.54, 1.807) is 0 Å². The summed E-state index contributed by atoms with van der Waals surface area (Å²) in [4.78, 5) is 11.8. The molecule has 1 fully saturated rings. The van der Waals surface area contributed by atoms with Gasteiger partial charge in [-0.1, -0.05) is 19.9 Å². The average Bonchev–Trinajstić information content (AvgIpc) is 2.23. The van der Waals surface area contributed by atoms with Crippen LogP contribution in [0.4, 0.5) is 0 Å². The van der Waals surface area contributed by atoms with Gasteiger partial charge in [0.15, 0.2) is 0 Å². The second-order valence-corrected chi connectivity index (χ2v) is 7.27. The number of carbonyl (C=O) groups excluding carboxylic acids is 1. The van der Waals surface area contributed by atoms with Crippen LogP contribution in [0.15, 0.2) is 11.6 Å². The summed E-state index contributed by atoms with van der Waals surface area (Å²) in [6.45, 7) is 10.3. The molecular weight excluding hydrogens is 228 g/mol. The maximum Gasteiger partial charge on any atom is 0.311 e. The smallest absolute Gasteiger partial charge is 0.311 e. The Kier molecular flexibility index (Phi) is 3.09. The Balaban J connectivity index is 2.01. The normalized spacial score (nSPS) is 33.4. The van der Waals surface area contributed by atoms with E-state index in [4.69, 9.17) is 4.74 Å². The highest BCUT2D eigenvalue weighted by molar-refractivity contribution is 5.75. The summed E-state index contributed by atoms with van der Waals surface area (Å²) in [6.07, 6.45) is 2.53. The Bertz CT molecular complexity index is 387. The van der Waals surface area contributed by atoms with E-state index in [9.17, 15) is 9.90 Å². The van der Waals surface area contributed by atoms with Crippen LogP contribution in [-0.4, -0.2) is 23.8 Å². The van der Waals surface area contributed by atoms with Crippen LogP contribution in [0.3, 0.4) is 0 Å². The lowest BCUT2D eigenvalue weighted by Gasteiger charge is -2.58. The summed E-state index contributed by atoms with van der Waals surface area (Å²) in [5.41, 5.74) is 0.760. The second kappa shape index (κ2) is 4.09. The molecule has 1 N–H and O–H groups in total. The number of ether oxygens (including phenoxy) is 1. The summed E-state index contributed by atoms with van der Waals surface area (Å²) >= 11 is 0. The third-order valence-electron chi connectivity index (χ3n) is 4.57. The molecule has 0 saturated heterocycles. The average molecular weight is 252 g/mol. The number of aliphatic hydroxyl groups is 1. The molecule has 3 rings (SSSR count). The van der Waals surface area contributed by atoms with Crippen molar-refractivity contribution < 1.29 is 14.6 Å². The topological polar surface area (TPSA) is 46.5 Å². The zero-order chi connectivity index (χ0) is 13.7. The number of fused-ring (bicyclic) bond motifs is 1. The van der Waals surface area contributed by atoms with Gasteiger partial charge >= 0.3 is 5.97 Å². The maximum absolute atomic E-state index is 11.8. The minimum absolute atomic E-state index is 0.137. The molecule has 3 atom stereocenters. The highest BCUT2D eigenvalue weighted by Crippen LogP contribution is 2.59. The highest BCUT2D eigenvalue weighted by atomic mass is 16.5. The molecule has 0 aliphatic heterocycles. The molecule has 0 radical (unpaired) electrons. The summed E-state index contributed by atoms with van der Waals surface area (Å²) in [5.74, 6) is 0.639. The molecule has 3 nitrogen and oxygen atoms in total. The Morgan fingerprint density at radius 2 is 2.11 bits per heavy atom. The van der Waals surface area contributed by atoms with Crippen molar-refractivity contribution in [3.05, 3.63) is 11.6 Å². The molecule has 3 heteroatoms. The Labute approximate surface area is 109 Å². The predicted octanol–water partition coefficient (Wildman–Crippen LogP) is 2.54. The molecule has 1 unspecified atom stereocenters. The van der Waals surface area contributed by atoms with E-state index in [0.29, 0.717) is 18.4 Å². The molecule has 2 bridgehead atoms. The number of carbonyl (C=O) groups is 1. The third kappa shape index (κ3) is 2.09. The fourth-order valence-corrected chi connectivity index (χ4v) is 3.13. The maximum atomic E-state index is 11.8. The van der Waals surface area contributed by atoms with E-state index in [1.807, 2.05) is 26.8 Å². The van der Waals surface area contributed by atoms with Crippen LogP contribution >= 0.6 is 0 Å². The van der Waals surface area contributed by atoms with E-state index >= 15 is 0 Å². The zero-order valence-electron chi connectivity index (χ0n) is 12.0. The Morgan fingerprint density at radius 1 is 1.50 bits per heavy atom. The molecular formula is C15H24O3. The van der Waals surface area contributed by atoms with Crippen LogP contribution in [0.2, 0.25) is 0 Å². The number of aliphatic hydroxyl groups excluding tert-OH is 1. The van der Waals surface area contributed by atoms with Gasteiger partial charge in [-0.3, -0.25) is 4.79 Å². The van der Waals surface area contributed by atoms with Gasteiger partial charge in [0, 0.05) is 0 Å². The van der Waals surface area contributed by atoms with Crippen molar-refractivity contribution in [2.24, 2.45) is 22.7 Å². The number of hydrogen-bond donors (Lipinski definition) is 1. The lowest BCUT2D eigenvalue weighted by Crippen LogP contribution is -2.54. The van der Waals surface area contributed by atoms with Crippen LogP contribution < -0.4 is 0 Å². The quantitative estimate of drug-likeness (QED) is 0.607. The molecule has 0 aromatic heterocycles. The van der Waals surface area contributed by atoms with Crippen molar-refractivity contribution in [3.63, 3.8) is 0 Å². The summed E-state index contributed by atoms with van der Waals surface area (Å²) in [6, 6.07) is 0. The van der Waals surface area contributed by atoms with Gasteiger partial charge < -0.3 is 9.84 Å². The van der Waals surface area contributed by atoms with Gasteiger partial charge in [-0.25, -0.2) is 0 Å². The van der Waals surface area contributed by atoms with Crippen LogP contribution in [0.1, 0.15) is 41.0 Å². The molecule has 1 saturated carbocycles. The standard InChI is InChI=1S/C15H24O3/c1-14(2,3)13(17)18-8-9-6-12(16)11-7-10(9)15(11,4)5/h6,10-12,16H,7-8H2,1-5H3/t10-,11+,12?/m1/s1. The Hall–Kier alpha value is -0.830. The number of hydrogen-bond acceptors (Lipinski definition) is 3. The van der Waals surface area contributed by atoms with Gasteiger partial charge in [0.2, 0.25) is 0 Å². The highest BCUT2D eigenvalue weighted by Gasteiger charge is 2.55. The minimum atomic E-state index is -0.467. The predicted molar refractivity (Wildman–Crippen MR) is 69.9 cm³/mol. The van der Waals surface area contributed by atoms with E-state index in [0.717, 1.165) is 12.0 Å². The van der Waals surface area contributed by atoms with Gasteiger partial charge in [0.1, 0.15) is 6.61 Å². The van der Waals surface area contributed by atoms with Crippen molar-refractivity contribution in [1.82, 2.24) is 0 Å². The SMILES string of the molecule is CC(C)(C)C(=O)OCC1=CC(O)[C@@H]2C[C@H]1C2(C)C. The summed E-state index contributed by atoms with van der Waals surface area (Å²) in [7, 11) is 0. The molecule has 18 heavy (non-hydrogen) atoms. The van der Waals surface area contributed by atoms with Crippen molar-refractivity contribution in [1.29, 1.82) is 0 Å². The van der Waals surface area contributed by atoms with E-state index in [-0.39, 0.29) is 17.5 Å². The van der Waals surface area contributed by atoms with Crippen molar-refractivity contribution in [2.75, 3.05) is 6.61 Å². The largest absolute Gasteiger partial charge is 0.461 e. The fraction of sp³-hybridized carbons (Fsp3) is 0.800. The first-order valence-electron chi connectivity index (χ1n) is 6.70. The van der Waals surface area contributed by atoms with E-state index < -0.39 is 5.41 Å². The second-order valence-electron chi connectivity index (χ2n) is 7.27. The Morgan fingerprint density at radius 3 is 2.56 bits per heavy atom. The van der Waals surface area contributed by atoms with Crippen LogP contribution in [0, 0.1) is 22.7 Å². The van der Waals surface area contributed by atoms with Crippen molar-refractivity contribution >= 4 is 5.97 Å². The van der Waals surface area contributed by atoms with Crippen molar-refractivity contribution in [2.45, 2.75) is 47.1 Å². The number of esters is 1. The molecule has 3 aliphatic rings. The zero-order valence-corrected chi connectivity index (χ0v) is 12.0. The van der Waals surface area contributed by atoms with Gasteiger partial charge in [-0.05, 0) is 50.0 Å².